The van der Waals surface area contributed by atoms with Gasteiger partial charge in [0.1, 0.15) is 11.4 Å². The van der Waals surface area contributed by atoms with Gasteiger partial charge >= 0.3 is 5.97 Å². The summed E-state index contributed by atoms with van der Waals surface area (Å²) < 4.78 is 10.4. The van der Waals surface area contributed by atoms with E-state index in [4.69, 9.17) is 9.47 Å². The van der Waals surface area contributed by atoms with E-state index >= 15 is 0 Å². The molecule has 0 radical (unpaired) electrons. The molecule has 0 unspecified atom stereocenters. The van der Waals surface area contributed by atoms with E-state index in [1.807, 2.05) is 19.9 Å². The van der Waals surface area contributed by atoms with E-state index in [0.29, 0.717) is 42.8 Å². The number of morpholine rings is 1. The first-order valence-corrected chi connectivity index (χ1v) is 12.0. The fourth-order valence-electron chi connectivity index (χ4n) is 4.18. The average molecular weight is 451 g/mol. The second-order valence-corrected chi connectivity index (χ2v) is 9.97. The first-order chi connectivity index (χ1) is 14.8. The molecule has 1 aromatic rings. The van der Waals surface area contributed by atoms with Crippen molar-refractivity contribution in [2.24, 2.45) is 11.8 Å². The Balaban J connectivity index is 1.94. The highest BCUT2D eigenvalue weighted by molar-refractivity contribution is 7.14. The van der Waals surface area contributed by atoms with E-state index < -0.39 is 5.97 Å². The van der Waals surface area contributed by atoms with Crippen molar-refractivity contribution in [2.45, 2.75) is 52.4 Å². The summed E-state index contributed by atoms with van der Waals surface area (Å²) in [4.78, 5) is 43.9. The highest BCUT2D eigenvalue weighted by Gasteiger charge is 2.34. The summed E-state index contributed by atoms with van der Waals surface area (Å²) >= 11 is 1.34. The van der Waals surface area contributed by atoms with Crippen LogP contribution in [0.4, 0.5) is 5.69 Å². The first kappa shape index (κ1) is 23.7. The zero-order chi connectivity index (χ0) is 22.5. The molecule has 2 aliphatic rings. The number of carbonyl (C=O) groups excluding carboxylic acids is 3. The number of thiophene rings is 1. The van der Waals surface area contributed by atoms with Gasteiger partial charge in [0.05, 0.1) is 26.0 Å². The van der Waals surface area contributed by atoms with E-state index in [-0.39, 0.29) is 30.2 Å². The molecule has 2 fully saturated rings. The maximum absolute atomic E-state index is 13.6. The monoisotopic (exact) mass is 450 g/mol. The van der Waals surface area contributed by atoms with Crippen molar-refractivity contribution in [2.75, 3.05) is 44.9 Å². The predicted octanol–water partition coefficient (Wildman–Crippen LogP) is 3.68. The van der Waals surface area contributed by atoms with Gasteiger partial charge in [0.15, 0.2) is 0 Å². The second kappa shape index (κ2) is 10.6. The fourth-order valence-corrected chi connectivity index (χ4v) is 5.26. The van der Waals surface area contributed by atoms with E-state index in [2.05, 4.69) is 6.92 Å². The van der Waals surface area contributed by atoms with Crippen molar-refractivity contribution in [3.05, 3.63) is 15.8 Å². The van der Waals surface area contributed by atoms with Crippen LogP contribution in [0.3, 0.4) is 0 Å². The number of methoxy groups -OCH3 is 1. The molecule has 0 bridgehead atoms. The molecule has 0 aromatic carbocycles. The summed E-state index contributed by atoms with van der Waals surface area (Å²) in [6.45, 7) is 8.29. The molecule has 2 heterocycles. The summed E-state index contributed by atoms with van der Waals surface area (Å²) in [6, 6.07) is 1.89. The molecule has 0 N–H and O–H groups in total. The zero-order valence-electron chi connectivity index (χ0n) is 19.0. The molecule has 1 aromatic heterocycles. The molecule has 172 valence electrons. The molecule has 2 amide bonds. The van der Waals surface area contributed by atoms with Gasteiger partial charge in [-0.15, -0.1) is 11.3 Å². The van der Waals surface area contributed by atoms with Gasteiger partial charge in [-0.25, -0.2) is 4.79 Å². The largest absolute Gasteiger partial charge is 0.465 e. The molecule has 31 heavy (non-hydrogen) atoms. The summed E-state index contributed by atoms with van der Waals surface area (Å²) in [5.74, 6) is 0.0412. The Labute approximate surface area is 188 Å². The molecular weight excluding hydrogens is 416 g/mol. The highest BCUT2D eigenvalue weighted by Crippen LogP contribution is 2.37. The van der Waals surface area contributed by atoms with Crippen LogP contribution in [0.25, 0.3) is 0 Å². The highest BCUT2D eigenvalue weighted by atomic mass is 32.1. The maximum Gasteiger partial charge on any atom is 0.350 e. The van der Waals surface area contributed by atoms with Gasteiger partial charge in [-0.1, -0.05) is 20.8 Å². The predicted molar refractivity (Wildman–Crippen MR) is 121 cm³/mol. The number of hydrogen-bond acceptors (Lipinski definition) is 6. The fraction of sp³-hybridized carbons (Fsp3) is 0.696. The van der Waals surface area contributed by atoms with Crippen LogP contribution in [-0.4, -0.2) is 62.6 Å². The molecule has 3 rings (SSSR count). The molecule has 7 nitrogen and oxygen atoms in total. The SMILES string of the molecule is COC(=O)c1sc(C(C)C)cc1N(CC(=O)N1CCOCC1)C(=O)[C@H]1CC[C@H](C)CC1. The van der Waals surface area contributed by atoms with Crippen LogP contribution in [-0.2, 0) is 19.1 Å². The third kappa shape index (κ3) is 5.66. The van der Waals surface area contributed by atoms with Gasteiger partial charge < -0.3 is 19.3 Å². The molecule has 1 saturated heterocycles. The number of amides is 2. The van der Waals surface area contributed by atoms with Gasteiger partial charge in [-0.2, -0.15) is 0 Å². The quantitative estimate of drug-likeness (QED) is 0.618. The van der Waals surface area contributed by atoms with Crippen molar-refractivity contribution in [1.82, 2.24) is 4.90 Å². The zero-order valence-corrected chi connectivity index (χ0v) is 19.8. The van der Waals surface area contributed by atoms with Crippen molar-refractivity contribution in [3.8, 4) is 0 Å². The number of ether oxygens (including phenoxy) is 2. The Hall–Kier alpha value is -1.93. The minimum absolute atomic E-state index is 0.0632. The topological polar surface area (TPSA) is 76.2 Å². The van der Waals surface area contributed by atoms with Crippen LogP contribution in [0.2, 0.25) is 0 Å². The van der Waals surface area contributed by atoms with Crippen LogP contribution in [0.15, 0.2) is 6.07 Å². The van der Waals surface area contributed by atoms with Crippen molar-refractivity contribution in [3.63, 3.8) is 0 Å². The Kier molecular flexibility index (Phi) is 8.11. The van der Waals surface area contributed by atoms with Gasteiger partial charge in [-0.05, 0) is 43.6 Å². The van der Waals surface area contributed by atoms with Crippen LogP contribution < -0.4 is 4.90 Å². The summed E-state index contributed by atoms with van der Waals surface area (Å²) in [5.41, 5.74) is 0.505. The number of carbonyl (C=O) groups is 3. The smallest absolute Gasteiger partial charge is 0.350 e. The molecule has 0 spiro atoms. The van der Waals surface area contributed by atoms with Crippen LogP contribution in [0.5, 0.6) is 0 Å². The van der Waals surface area contributed by atoms with E-state index in [1.54, 1.807) is 9.80 Å². The number of anilines is 1. The average Bonchev–Trinajstić information content (AvgIpc) is 3.23. The summed E-state index contributed by atoms with van der Waals surface area (Å²) in [7, 11) is 1.34. The lowest BCUT2D eigenvalue weighted by atomic mass is 9.82. The van der Waals surface area contributed by atoms with Gasteiger partial charge in [0, 0.05) is 23.9 Å². The Morgan fingerprint density at radius 1 is 1.19 bits per heavy atom. The lowest BCUT2D eigenvalue weighted by molar-refractivity contribution is -0.135. The third-order valence-electron chi connectivity index (χ3n) is 6.25. The molecule has 1 aliphatic heterocycles. The number of rotatable bonds is 6. The van der Waals surface area contributed by atoms with Gasteiger partial charge in [0.2, 0.25) is 11.8 Å². The maximum atomic E-state index is 13.6. The minimum atomic E-state index is -0.471. The third-order valence-corrected chi connectivity index (χ3v) is 7.66. The molecular formula is C23H34N2O5S. The van der Waals surface area contributed by atoms with Gasteiger partial charge in [-0.3, -0.25) is 9.59 Å². The van der Waals surface area contributed by atoms with Gasteiger partial charge in [0.25, 0.3) is 0 Å². The van der Waals surface area contributed by atoms with Crippen molar-refractivity contribution >= 4 is 34.8 Å². The number of nitrogens with zero attached hydrogens (tertiary/aromatic N) is 2. The molecule has 0 atom stereocenters. The number of hydrogen-bond donors (Lipinski definition) is 0. The first-order valence-electron chi connectivity index (χ1n) is 11.2. The molecule has 1 saturated carbocycles. The Morgan fingerprint density at radius 2 is 1.84 bits per heavy atom. The minimum Gasteiger partial charge on any atom is -0.465 e. The van der Waals surface area contributed by atoms with E-state index in [0.717, 1.165) is 30.6 Å². The Morgan fingerprint density at radius 3 is 2.42 bits per heavy atom. The van der Waals surface area contributed by atoms with Crippen LogP contribution in [0.1, 0.15) is 66.9 Å². The van der Waals surface area contributed by atoms with Crippen molar-refractivity contribution in [1.29, 1.82) is 0 Å². The normalized spacial score (nSPS) is 21.8. The summed E-state index contributed by atoms with van der Waals surface area (Å²) in [5, 5.41) is 0. The van der Waals surface area contributed by atoms with Crippen LogP contribution in [0, 0.1) is 11.8 Å². The lowest BCUT2D eigenvalue weighted by Crippen LogP contribution is -2.49. The number of esters is 1. The van der Waals surface area contributed by atoms with E-state index in [1.165, 1.54) is 18.4 Å². The van der Waals surface area contributed by atoms with Crippen molar-refractivity contribution < 1.29 is 23.9 Å². The summed E-state index contributed by atoms with van der Waals surface area (Å²) in [6.07, 6.45) is 3.65. The molecule has 8 heteroatoms. The lowest BCUT2D eigenvalue weighted by Gasteiger charge is -2.33. The van der Waals surface area contributed by atoms with Crippen LogP contribution >= 0.6 is 11.3 Å². The van der Waals surface area contributed by atoms with E-state index in [9.17, 15) is 14.4 Å². The molecule has 1 aliphatic carbocycles. The second-order valence-electron chi connectivity index (χ2n) is 8.88. The standard InChI is InChI=1S/C23H34N2O5S/c1-15(2)19-13-18(21(31-19)23(28)29-4)25(14-20(26)24-9-11-30-12-10-24)22(27)17-7-5-16(3)6-8-17/h13,15-17H,5-12,14H2,1-4H3/t16-,17-. The Bertz CT molecular complexity index is 792.